The maximum atomic E-state index is 12.6. The summed E-state index contributed by atoms with van der Waals surface area (Å²) in [6.07, 6.45) is 0.622. The number of nitrogens with one attached hydrogen (secondary N) is 1. The van der Waals surface area contributed by atoms with E-state index in [4.69, 9.17) is 5.73 Å². The molecule has 2 rings (SSSR count). The van der Waals surface area contributed by atoms with Crippen LogP contribution < -0.4 is 11.1 Å². The highest BCUT2D eigenvalue weighted by molar-refractivity contribution is 5.97. The third kappa shape index (κ3) is 3.04. The molecule has 0 aromatic carbocycles. The van der Waals surface area contributed by atoms with Gasteiger partial charge in [0.1, 0.15) is 11.5 Å². The molecule has 0 spiro atoms. The minimum Gasteiger partial charge on any atom is -0.366 e. The molecule has 0 fully saturated rings. The van der Waals surface area contributed by atoms with Crippen LogP contribution in [0.4, 0.5) is 19.0 Å². The Morgan fingerprint density at radius 1 is 1.32 bits per heavy atom. The highest BCUT2D eigenvalue weighted by Gasteiger charge is 2.33. The van der Waals surface area contributed by atoms with Crippen molar-refractivity contribution in [1.29, 1.82) is 0 Å². The lowest BCUT2D eigenvalue weighted by molar-refractivity contribution is -0.141. The van der Waals surface area contributed by atoms with Gasteiger partial charge in [-0.15, -0.1) is 0 Å². The number of halogens is 3. The van der Waals surface area contributed by atoms with Gasteiger partial charge in [0.15, 0.2) is 0 Å². The van der Waals surface area contributed by atoms with Crippen LogP contribution in [0.3, 0.4) is 0 Å². The number of nitrogens with zero attached hydrogens (tertiary/aromatic N) is 1. The number of alkyl halides is 3. The number of carbonyl (C=O) groups excluding carboxylic acids is 1. The first-order chi connectivity index (χ1) is 8.88. The summed E-state index contributed by atoms with van der Waals surface area (Å²) in [5.41, 5.74) is 4.04. The second-order valence-corrected chi connectivity index (χ2v) is 4.24. The van der Waals surface area contributed by atoms with E-state index in [1.54, 1.807) is 0 Å². The molecule has 1 heterocycles. The van der Waals surface area contributed by atoms with Crippen LogP contribution in [0.1, 0.15) is 28.9 Å². The van der Waals surface area contributed by atoms with Gasteiger partial charge in [-0.1, -0.05) is 12.2 Å². The third-order valence-corrected chi connectivity index (χ3v) is 2.80. The number of nitrogens with two attached hydrogens (primary N) is 1. The first-order valence-corrected chi connectivity index (χ1v) is 5.67. The molecule has 1 aromatic heterocycles. The van der Waals surface area contributed by atoms with Gasteiger partial charge in [-0.3, -0.25) is 4.79 Å². The van der Waals surface area contributed by atoms with Crippen molar-refractivity contribution in [2.24, 2.45) is 5.73 Å². The van der Waals surface area contributed by atoms with E-state index in [0.717, 1.165) is 12.1 Å². The average Bonchev–Trinajstić information content (AvgIpc) is 2.80. The SMILES string of the molecule is NC(=O)c1ccc(C(F)(F)F)nc1NC1CC=CC1. The third-order valence-electron chi connectivity index (χ3n) is 2.80. The van der Waals surface area contributed by atoms with Gasteiger partial charge in [-0.25, -0.2) is 4.98 Å². The summed E-state index contributed by atoms with van der Waals surface area (Å²) in [5, 5.41) is 2.83. The molecule has 0 saturated heterocycles. The smallest absolute Gasteiger partial charge is 0.366 e. The summed E-state index contributed by atoms with van der Waals surface area (Å²) in [4.78, 5) is 14.7. The van der Waals surface area contributed by atoms with E-state index in [9.17, 15) is 18.0 Å². The second kappa shape index (κ2) is 4.91. The number of aromatic nitrogens is 1. The largest absolute Gasteiger partial charge is 0.433 e. The first-order valence-electron chi connectivity index (χ1n) is 5.67. The molecular weight excluding hydrogens is 259 g/mol. The molecule has 0 bridgehead atoms. The van der Waals surface area contributed by atoms with Crippen molar-refractivity contribution in [3.63, 3.8) is 0 Å². The van der Waals surface area contributed by atoms with E-state index < -0.39 is 17.8 Å². The summed E-state index contributed by atoms with van der Waals surface area (Å²) in [7, 11) is 0. The van der Waals surface area contributed by atoms with Crippen LogP contribution in [0, 0.1) is 0 Å². The van der Waals surface area contributed by atoms with Gasteiger partial charge in [0, 0.05) is 6.04 Å². The zero-order valence-electron chi connectivity index (χ0n) is 9.87. The molecule has 3 N–H and O–H groups in total. The first kappa shape index (κ1) is 13.4. The van der Waals surface area contributed by atoms with Crippen LogP contribution in [0.25, 0.3) is 0 Å². The predicted octanol–water partition coefficient (Wildman–Crippen LogP) is 2.33. The quantitative estimate of drug-likeness (QED) is 0.829. The Kier molecular flexibility index (Phi) is 3.46. The van der Waals surface area contributed by atoms with Crippen LogP contribution in [0.2, 0.25) is 0 Å². The minimum atomic E-state index is -4.56. The lowest BCUT2D eigenvalue weighted by Gasteiger charge is -2.16. The van der Waals surface area contributed by atoms with E-state index in [2.05, 4.69) is 10.3 Å². The molecule has 1 aliphatic rings. The van der Waals surface area contributed by atoms with Gasteiger partial charge < -0.3 is 11.1 Å². The zero-order valence-corrected chi connectivity index (χ0v) is 9.87. The second-order valence-electron chi connectivity index (χ2n) is 4.24. The van der Waals surface area contributed by atoms with Crippen LogP contribution in [-0.4, -0.2) is 16.9 Å². The van der Waals surface area contributed by atoms with E-state index in [-0.39, 0.29) is 17.4 Å². The van der Waals surface area contributed by atoms with Gasteiger partial charge in [0.05, 0.1) is 5.56 Å². The molecule has 0 aliphatic heterocycles. The van der Waals surface area contributed by atoms with Crippen molar-refractivity contribution in [2.45, 2.75) is 25.1 Å². The van der Waals surface area contributed by atoms with E-state index in [0.29, 0.717) is 12.8 Å². The Labute approximate surface area is 107 Å². The number of hydrogen-bond acceptors (Lipinski definition) is 3. The number of hydrogen-bond donors (Lipinski definition) is 2. The molecule has 1 aliphatic carbocycles. The molecule has 1 amide bonds. The molecule has 1 aromatic rings. The van der Waals surface area contributed by atoms with Gasteiger partial charge in [-0.05, 0) is 25.0 Å². The maximum absolute atomic E-state index is 12.6. The monoisotopic (exact) mass is 271 g/mol. The van der Waals surface area contributed by atoms with Gasteiger partial charge in [0.2, 0.25) is 0 Å². The van der Waals surface area contributed by atoms with E-state index in [1.807, 2.05) is 12.2 Å². The fourth-order valence-corrected chi connectivity index (χ4v) is 1.85. The van der Waals surface area contributed by atoms with Crippen molar-refractivity contribution < 1.29 is 18.0 Å². The van der Waals surface area contributed by atoms with Crippen LogP contribution in [0.5, 0.6) is 0 Å². The van der Waals surface area contributed by atoms with Crippen molar-refractivity contribution in [3.05, 3.63) is 35.5 Å². The van der Waals surface area contributed by atoms with Gasteiger partial charge >= 0.3 is 6.18 Å². The Balaban J connectivity index is 2.33. The summed E-state index contributed by atoms with van der Waals surface area (Å²) >= 11 is 0. The number of rotatable bonds is 3. The molecule has 0 saturated carbocycles. The van der Waals surface area contributed by atoms with Gasteiger partial charge in [0.25, 0.3) is 5.91 Å². The van der Waals surface area contributed by atoms with E-state index >= 15 is 0 Å². The molecule has 19 heavy (non-hydrogen) atoms. The maximum Gasteiger partial charge on any atom is 0.433 e. The number of anilines is 1. The highest BCUT2D eigenvalue weighted by atomic mass is 19.4. The molecule has 7 heteroatoms. The molecular formula is C12H12F3N3O. The summed E-state index contributed by atoms with van der Waals surface area (Å²) in [6.45, 7) is 0. The lowest BCUT2D eigenvalue weighted by atomic mass is 10.2. The van der Waals surface area contributed by atoms with Crippen molar-refractivity contribution in [2.75, 3.05) is 5.32 Å². The normalized spacial score (nSPS) is 15.7. The average molecular weight is 271 g/mol. The number of pyridine rings is 1. The lowest BCUT2D eigenvalue weighted by Crippen LogP contribution is -2.22. The fourth-order valence-electron chi connectivity index (χ4n) is 1.85. The van der Waals surface area contributed by atoms with Crippen LogP contribution in [0.15, 0.2) is 24.3 Å². The highest BCUT2D eigenvalue weighted by Crippen LogP contribution is 2.30. The number of amides is 1. The molecule has 102 valence electrons. The Bertz CT molecular complexity index is 517. The predicted molar refractivity (Wildman–Crippen MR) is 63.5 cm³/mol. The minimum absolute atomic E-state index is 0.0418. The van der Waals surface area contributed by atoms with Crippen molar-refractivity contribution in [1.82, 2.24) is 4.98 Å². The topological polar surface area (TPSA) is 68.0 Å². The fraction of sp³-hybridized carbons (Fsp3) is 0.333. The summed E-state index contributed by atoms with van der Waals surface area (Å²) in [5.74, 6) is -0.925. The molecule has 0 atom stereocenters. The molecule has 0 radical (unpaired) electrons. The number of primary amides is 1. The van der Waals surface area contributed by atoms with Crippen LogP contribution in [-0.2, 0) is 6.18 Å². The standard InChI is InChI=1S/C12H12F3N3O/c13-12(14,15)9-6-5-8(10(16)19)11(18-9)17-7-3-1-2-4-7/h1-2,5-7H,3-4H2,(H2,16,19)(H,17,18). The van der Waals surface area contributed by atoms with E-state index in [1.165, 1.54) is 0 Å². The number of carbonyl (C=O) groups is 1. The Morgan fingerprint density at radius 3 is 2.47 bits per heavy atom. The molecule has 0 unspecified atom stereocenters. The Hall–Kier alpha value is -2.05. The molecule has 4 nitrogen and oxygen atoms in total. The zero-order chi connectivity index (χ0) is 14.0. The van der Waals surface area contributed by atoms with Crippen molar-refractivity contribution in [3.8, 4) is 0 Å². The van der Waals surface area contributed by atoms with Crippen LogP contribution >= 0.6 is 0 Å². The van der Waals surface area contributed by atoms with Gasteiger partial charge in [-0.2, -0.15) is 13.2 Å². The summed E-state index contributed by atoms with van der Waals surface area (Å²) in [6, 6.07) is 1.73. The Morgan fingerprint density at radius 2 is 1.95 bits per heavy atom. The van der Waals surface area contributed by atoms with Crippen molar-refractivity contribution >= 4 is 11.7 Å². The summed E-state index contributed by atoms with van der Waals surface area (Å²) < 4.78 is 37.8.